The van der Waals surface area contributed by atoms with Crippen LogP contribution in [0.2, 0.25) is 0 Å². The Morgan fingerprint density at radius 1 is 1.00 bits per heavy atom. The second-order valence-electron chi connectivity index (χ2n) is 7.10. The highest BCUT2D eigenvalue weighted by Gasteiger charge is 2.61. The smallest absolute Gasteiger partial charge is 0.324 e. The number of ether oxygens (including phenoxy) is 3. The summed E-state index contributed by atoms with van der Waals surface area (Å²) in [6, 6.07) is 15.1. The van der Waals surface area contributed by atoms with Crippen molar-refractivity contribution in [1.82, 2.24) is 0 Å². The predicted molar refractivity (Wildman–Crippen MR) is 110 cm³/mol. The molecule has 1 atom stereocenters. The Morgan fingerprint density at radius 3 is 2.17 bits per heavy atom. The zero-order valence-corrected chi connectivity index (χ0v) is 17.1. The lowest BCUT2D eigenvalue weighted by atomic mass is 9.75. The maximum absolute atomic E-state index is 13.1. The first kappa shape index (κ1) is 20.6. The maximum atomic E-state index is 13.1. The van der Waals surface area contributed by atoms with Crippen molar-refractivity contribution < 1.29 is 23.8 Å². The number of carbonyl (C=O) groups is 2. The molecule has 0 spiro atoms. The molecule has 2 aromatic rings. The minimum Gasteiger partial charge on any atom is -0.465 e. The summed E-state index contributed by atoms with van der Waals surface area (Å²) in [4.78, 5) is 26.3. The van der Waals surface area contributed by atoms with Gasteiger partial charge in [0.2, 0.25) is 0 Å². The molecule has 1 unspecified atom stereocenters. The first-order valence-corrected chi connectivity index (χ1v) is 9.79. The molecule has 0 heterocycles. The molecule has 1 aliphatic rings. The van der Waals surface area contributed by atoms with E-state index in [9.17, 15) is 9.59 Å². The molecule has 0 aromatic heterocycles. The van der Waals surface area contributed by atoms with Crippen molar-refractivity contribution in [2.24, 2.45) is 5.41 Å². The van der Waals surface area contributed by atoms with Crippen molar-refractivity contribution in [3.8, 4) is 5.75 Å². The third kappa shape index (κ3) is 3.77. The summed E-state index contributed by atoms with van der Waals surface area (Å²) in [5, 5.41) is 0. The van der Waals surface area contributed by atoms with E-state index >= 15 is 0 Å². The minimum atomic E-state index is -1.56. The van der Waals surface area contributed by atoms with Crippen molar-refractivity contribution >= 4 is 11.9 Å². The van der Waals surface area contributed by atoms with Gasteiger partial charge in [-0.3, -0.25) is 9.59 Å². The molecule has 152 valence electrons. The molecular weight excluding hydrogens is 368 g/mol. The standard InChI is InChI=1S/C24H26O5/c1-5-27-22(25)24(23(26)28-6-2)15-18-9-7-8-10-20(18)21(24)17(4)29-19-13-11-16(3)12-14-19/h7-14,21H,4-6,15H2,1-3H3. The van der Waals surface area contributed by atoms with Gasteiger partial charge in [0, 0.05) is 6.42 Å². The molecule has 0 aliphatic heterocycles. The summed E-state index contributed by atoms with van der Waals surface area (Å²) in [6.45, 7) is 9.83. The number of esters is 2. The first-order chi connectivity index (χ1) is 13.9. The van der Waals surface area contributed by atoms with Gasteiger partial charge in [0.15, 0.2) is 5.41 Å². The van der Waals surface area contributed by atoms with Crippen molar-refractivity contribution in [1.29, 1.82) is 0 Å². The molecule has 0 saturated carbocycles. The van der Waals surface area contributed by atoms with E-state index in [-0.39, 0.29) is 19.6 Å². The molecular formula is C24H26O5. The van der Waals surface area contributed by atoms with E-state index in [2.05, 4.69) is 6.58 Å². The van der Waals surface area contributed by atoms with E-state index in [0.29, 0.717) is 11.5 Å². The van der Waals surface area contributed by atoms with Gasteiger partial charge in [0.25, 0.3) is 0 Å². The molecule has 29 heavy (non-hydrogen) atoms. The third-order valence-electron chi connectivity index (χ3n) is 5.20. The molecule has 2 aromatic carbocycles. The van der Waals surface area contributed by atoms with Gasteiger partial charge in [0.1, 0.15) is 11.5 Å². The van der Waals surface area contributed by atoms with Crippen LogP contribution in [0.25, 0.3) is 0 Å². The SMILES string of the molecule is C=C(Oc1ccc(C)cc1)C1c2ccccc2CC1(C(=O)OCC)C(=O)OCC. The number of hydrogen-bond donors (Lipinski definition) is 0. The van der Waals surface area contributed by atoms with Gasteiger partial charge in [-0.15, -0.1) is 0 Å². The van der Waals surface area contributed by atoms with Gasteiger partial charge in [-0.1, -0.05) is 48.5 Å². The highest BCUT2D eigenvalue weighted by molar-refractivity contribution is 6.03. The average molecular weight is 394 g/mol. The van der Waals surface area contributed by atoms with Crippen LogP contribution in [0.4, 0.5) is 0 Å². The van der Waals surface area contributed by atoms with Crippen LogP contribution in [0.5, 0.6) is 5.75 Å². The normalized spacial score (nSPS) is 16.6. The number of benzene rings is 2. The monoisotopic (exact) mass is 394 g/mol. The van der Waals surface area contributed by atoms with Gasteiger partial charge in [-0.2, -0.15) is 0 Å². The Balaban J connectivity index is 2.08. The Hall–Kier alpha value is -3.08. The highest BCUT2D eigenvalue weighted by atomic mass is 16.6. The lowest BCUT2D eigenvalue weighted by Gasteiger charge is -2.32. The maximum Gasteiger partial charge on any atom is 0.324 e. The van der Waals surface area contributed by atoms with Crippen LogP contribution in [0.3, 0.4) is 0 Å². The van der Waals surface area contributed by atoms with Crippen LogP contribution in [0, 0.1) is 12.3 Å². The second kappa shape index (κ2) is 8.52. The quantitative estimate of drug-likeness (QED) is 0.397. The molecule has 0 bridgehead atoms. The number of hydrogen-bond acceptors (Lipinski definition) is 5. The number of carbonyl (C=O) groups excluding carboxylic acids is 2. The van der Waals surface area contributed by atoms with Crippen molar-refractivity contribution in [2.75, 3.05) is 13.2 Å². The molecule has 5 heteroatoms. The fourth-order valence-corrected chi connectivity index (χ4v) is 3.89. The summed E-state index contributed by atoms with van der Waals surface area (Å²) in [7, 11) is 0. The number of fused-ring (bicyclic) bond motifs is 1. The summed E-state index contributed by atoms with van der Waals surface area (Å²) in [6.07, 6.45) is 0.182. The van der Waals surface area contributed by atoms with Crippen molar-refractivity contribution in [3.05, 3.63) is 77.6 Å². The number of aryl methyl sites for hydroxylation is 1. The summed E-state index contributed by atoms with van der Waals surface area (Å²) in [5.74, 6) is -1.05. The van der Waals surface area contributed by atoms with E-state index < -0.39 is 23.3 Å². The Labute approximate surface area is 171 Å². The summed E-state index contributed by atoms with van der Waals surface area (Å²) < 4.78 is 16.7. The van der Waals surface area contributed by atoms with Crippen LogP contribution < -0.4 is 4.74 Å². The molecule has 0 N–H and O–H groups in total. The zero-order valence-electron chi connectivity index (χ0n) is 17.1. The van der Waals surface area contributed by atoms with Gasteiger partial charge in [-0.05, 0) is 44.0 Å². The number of rotatable bonds is 7. The van der Waals surface area contributed by atoms with Crippen LogP contribution in [0.15, 0.2) is 60.9 Å². The molecule has 0 saturated heterocycles. The largest absolute Gasteiger partial charge is 0.465 e. The molecule has 0 radical (unpaired) electrons. The Morgan fingerprint density at radius 2 is 1.59 bits per heavy atom. The highest BCUT2D eigenvalue weighted by Crippen LogP contribution is 2.52. The number of allylic oxidation sites excluding steroid dienone is 1. The molecule has 5 nitrogen and oxygen atoms in total. The average Bonchev–Trinajstić information content (AvgIpc) is 3.06. The minimum absolute atomic E-state index is 0.161. The fourth-order valence-electron chi connectivity index (χ4n) is 3.89. The van der Waals surface area contributed by atoms with Gasteiger partial charge >= 0.3 is 11.9 Å². The van der Waals surface area contributed by atoms with Crippen LogP contribution in [0.1, 0.15) is 36.5 Å². The third-order valence-corrected chi connectivity index (χ3v) is 5.20. The van der Waals surface area contributed by atoms with E-state index in [4.69, 9.17) is 14.2 Å². The Kier molecular flexibility index (Phi) is 6.06. The molecule has 1 aliphatic carbocycles. The van der Waals surface area contributed by atoms with E-state index in [0.717, 1.165) is 16.7 Å². The van der Waals surface area contributed by atoms with Crippen LogP contribution in [-0.4, -0.2) is 25.2 Å². The molecule has 3 rings (SSSR count). The first-order valence-electron chi connectivity index (χ1n) is 9.79. The van der Waals surface area contributed by atoms with Crippen LogP contribution in [-0.2, 0) is 25.5 Å². The molecule has 0 amide bonds. The van der Waals surface area contributed by atoms with E-state index in [1.807, 2.05) is 55.5 Å². The van der Waals surface area contributed by atoms with Gasteiger partial charge < -0.3 is 14.2 Å². The van der Waals surface area contributed by atoms with Gasteiger partial charge in [0.05, 0.1) is 19.1 Å². The fraction of sp³-hybridized carbons (Fsp3) is 0.333. The topological polar surface area (TPSA) is 61.8 Å². The van der Waals surface area contributed by atoms with Gasteiger partial charge in [-0.25, -0.2) is 0 Å². The van der Waals surface area contributed by atoms with E-state index in [1.165, 1.54) is 0 Å². The van der Waals surface area contributed by atoms with E-state index in [1.54, 1.807) is 13.8 Å². The van der Waals surface area contributed by atoms with Crippen LogP contribution >= 0.6 is 0 Å². The molecule has 0 fully saturated rings. The Bertz CT molecular complexity index is 895. The summed E-state index contributed by atoms with van der Waals surface area (Å²) >= 11 is 0. The lowest BCUT2D eigenvalue weighted by Crippen LogP contribution is -2.46. The second-order valence-corrected chi connectivity index (χ2v) is 7.10. The van der Waals surface area contributed by atoms with Crippen molar-refractivity contribution in [3.63, 3.8) is 0 Å². The summed E-state index contributed by atoms with van der Waals surface area (Å²) in [5.41, 5.74) is 1.25. The lowest BCUT2D eigenvalue weighted by molar-refractivity contribution is -0.173. The predicted octanol–water partition coefficient (Wildman–Crippen LogP) is 4.34. The zero-order chi connectivity index (χ0) is 21.0. The van der Waals surface area contributed by atoms with Crippen molar-refractivity contribution in [2.45, 2.75) is 33.1 Å².